The van der Waals surface area contributed by atoms with Crippen molar-refractivity contribution in [1.29, 1.82) is 0 Å². The maximum Gasteiger partial charge on any atom is 0.236 e. The molecular formula is C26H33N5O2. The van der Waals surface area contributed by atoms with Gasteiger partial charge in [0.25, 0.3) is 0 Å². The van der Waals surface area contributed by atoms with E-state index in [0.717, 1.165) is 74.6 Å². The van der Waals surface area contributed by atoms with E-state index < -0.39 is 0 Å². The topological polar surface area (TPSA) is 69.6 Å². The first kappa shape index (κ1) is 22.0. The first-order valence-electron chi connectivity index (χ1n) is 12.3. The molecule has 7 heteroatoms. The molecule has 4 heterocycles. The predicted octanol–water partition coefficient (Wildman–Crippen LogP) is 3.07. The molecule has 0 saturated carbocycles. The lowest BCUT2D eigenvalue weighted by Crippen LogP contribution is -2.49. The highest BCUT2D eigenvalue weighted by Crippen LogP contribution is 2.34. The normalized spacial score (nSPS) is 21.0. The van der Waals surface area contributed by atoms with Crippen LogP contribution < -0.4 is 4.90 Å². The lowest BCUT2D eigenvalue weighted by atomic mass is 9.99. The molecule has 0 N–H and O–H groups in total. The van der Waals surface area contributed by atoms with Crippen molar-refractivity contribution in [2.45, 2.75) is 57.9 Å². The zero-order valence-electron chi connectivity index (χ0n) is 19.5. The summed E-state index contributed by atoms with van der Waals surface area (Å²) in [5, 5.41) is 0. The van der Waals surface area contributed by atoms with Crippen molar-refractivity contribution in [2.24, 2.45) is 0 Å². The zero-order chi connectivity index (χ0) is 22.8. The van der Waals surface area contributed by atoms with Crippen LogP contribution in [0.15, 0.2) is 30.3 Å². The van der Waals surface area contributed by atoms with Crippen LogP contribution in [-0.4, -0.2) is 64.3 Å². The van der Waals surface area contributed by atoms with Crippen LogP contribution in [0.1, 0.15) is 60.8 Å². The second kappa shape index (κ2) is 9.59. The van der Waals surface area contributed by atoms with Gasteiger partial charge in [-0.25, -0.2) is 9.97 Å². The van der Waals surface area contributed by atoms with Crippen LogP contribution in [0.2, 0.25) is 0 Å². The van der Waals surface area contributed by atoms with Crippen LogP contribution in [0.4, 0.5) is 5.82 Å². The van der Waals surface area contributed by atoms with Crippen LogP contribution in [-0.2, 0) is 22.4 Å². The number of piperidine rings is 1. The Kier molecular flexibility index (Phi) is 6.40. The van der Waals surface area contributed by atoms with Crippen molar-refractivity contribution in [3.8, 4) is 0 Å². The number of likely N-dealkylation sites (tertiary alicyclic amines) is 2. The van der Waals surface area contributed by atoms with Gasteiger partial charge in [-0.3, -0.25) is 19.4 Å². The Balaban J connectivity index is 1.40. The monoisotopic (exact) mass is 447 g/mol. The standard InChI is InChI=1S/C26H33N5O2/c1-19-21-11-12-23(32)31(17-13-20-8-3-2-4-9-20)26(21)28-25(27-19)22-10-5-6-14-30(22)18-24(33)29-15-7-16-29/h2-4,8-9,22H,5-7,10-18H2,1H3. The number of benzene rings is 1. The number of aromatic nitrogens is 2. The van der Waals surface area contributed by atoms with E-state index in [1.807, 2.05) is 34.9 Å². The van der Waals surface area contributed by atoms with E-state index in [1.165, 1.54) is 5.56 Å². The number of carbonyl (C=O) groups is 2. The van der Waals surface area contributed by atoms with Gasteiger partial charge in [0.2, 0.25) is 11.8 Å². The third kappa shape index (κ3) is 4.64. The highest BCUT2D eigenvalue weighted by molar-refractivity contribution is 5.95. The third-order valence-electron chi connectivity index (χ3n) is 7.28. The van der Waals surface area contributed by atoms with E-state index in [9.17, 15) is 9.59 Å². The zero-order valence-corrected chi connectivity index (χ0v) is 19.5. The number of aryl methyl sites for hydroxylation is 1. The van der Waals surface area contributed by atoms with E-state index >= 15 is 0 Å². The van der Waals surface area contributed by atoms with Crippen LogP contribution in [0.25, 0.3) is 0 Å². The smallest absolute Gasteiger partial charge is 0.236 e. The van der Waals surface area contributed by atoms with Gasteiger partial charge in [-0.05, 0) is 51.1 Å². The maximum absolute atomic E-state index is 12.9. The highest BCUT2D eigenvalue weighted by atomic mass is 16.2. The molecule has 2 aromatic rings. The average Bonchev–Trinajstić information content (AvgIpc) is 2.78. The van der Waals surface area contributed by atoms with Crippen molar-refractivity contribution in [3.63, 3.8) is 0 Å². The molecule has 33 heavy (non-hydrogen) atoms. The molecule has 1 atom stereocenters. The minimum absolute atomic E-state index is 0.0287. The minimum Gasteiger partial charge on any atom is -0.341 e. The van der Waals surface area contributed by atoms with Crippen molar-refractivity contribution < 1.29 is 9.59 Å². The van der Waals surface area contributed by atoms with Gasteiger partial charge in [-0.2, -0.15) is 0 Å². The Hall–Kier alpha value is -2.80. The molecule has 0 spiro atoms. The molecule has 7 nitrogen and oxygen atoms in total. The molecule has 1 unspecified atom stereocenters. The number of hydrogen-bond acceptors (Lipinski definition) is 5. The predicted molar refractivity (Wildman–Crippen MR) is 127 cm³/mol. The molecule has 0 radical (unpaired) electrons. The number of carbonyl (C=O) groups excluding carboxylic acids is 2. The summed E-state index contributed by atoms with van der Waals surface area (Å²) in [4.78, 5) is 41.6. The number of hydrogen-bond donors (Lipinski definition) is 0. The molecule has 5 rings (SSSR count). The average molecular weight is 448 g/mol. The first-order valence-corrected chi connectivity index (χ1v) is 12.3. The molecule has 0 aliphatic carbocycles. The van der Waals surface area contributed by atoms with E-state index in [1.54, 1.807) is 0 Å². The molecule has 3 aliphatic rings. The Bertz CT molecular complexity index is 1020. The summed E-state index contributed by atoms with van der Waals surface area (Å²) < 4.78 is 0. The van der Waals surface area contributed by atoms with Crippen LogP contribution >= 0.6 is 0 Å². The Morgan fingerprint density at radius 1 is 1.03 bits per heavy atom. The molecular weight excluding hydrogens is 414 g/mol. The van der Waals surface area contributed by atoms with Gasteiger partial charge in [-0.1, -0.05) is 36.8 Å². The fourth-order valence-electron chi connectivity index (χ4n) is 5.18. The Morgan fingerprint density at radius 2 is 1.85 bits per heavy atom. The summed E-state index contributed by atoms with van der Waals surface area (Å²) >= 11 is 0. The molecule has 2 saturated heterocycles. The van der Waals surface area contributed by atoms with E-state index in [4.69, 9.17) is 9.97 Å². The van der Waals surface area contributed by atoms with Gasteiger partial charge >= 0.3 is 0 Å². The quantitative estimate of drug-likeness (QED) is 0.681. The van der Waals surface area contributed by atoms with Gasteiger partial charge in [0.1, 0.15) is 11.6 Å². The van der Waals surface area contributed by atoms with Gasteiger partial charge in [0, 0.05) is 37.3 Å². The number of rotatable bonds is 6. The minimum atomic E-state index is 0.0287. The second-order valence-electron chi connectivity index (χ2n) is 9.47. The molecule has 0 bridgehead atoms. The van der Waals surface area contributed by atoms with Crippen LogP contribution in [0.5, 0.6) is 0 Å². The number of anilines is 1. The van der Waals surface area contributed by atoms with E-state index in [0.29, 0.717) is 25.9 Å². The van der Waals surface area contributed by atoms with Crippen molar-refractivity contribution in [3.05, 3.63) is 53.0 Å². The molecule has 1 aromatic heterocycles. The third-order valence-corrected chi connectivity index (χ3v) is 7.28. The van der Waals surface area contributed by atoms with Crippen molar-refractivity contribution >= 4 is 17.6 Å². The number of fused-ring (bicyclic) bond motifs is 1. The van der Waals surface area contributed by atoms with Gasteiger partial charge in [-0.15, -0.1) is 0 Å². The van der Waals surface area contributed by atoms with E-state index in [2.05, 4.69) is 17.0 Å². The molecule has 3 aliphatic heterocycles. The van der Waals surface area contributed by atoms with Crippen molar-refractivity contribution in [2.75, 3.05) is 37.6 Å². The summed E-state index contributed by atoms with van der Waals surface area (Å²) in [6, 6.07) is 10.3. The molecule has 2 amide bonds. The lowest BCUT2D eigenvalue weighted by molar-refractivity contribution is -0.136. The lowest BCUT2D eigenvalue weighted by Gasteiger charge is -2.38. The molecule has 174 valence electrons. The summed E-state index contributed by atoms with van der Waals surface area (Å²) in [6.07, 6.45) is 6.25. The maximum atomic E-state index is 12.9. The number of amides is 2. The SMILES string of the molecule is Cc1nc(C2CCCCN2CC(=O)N2CCC2)nc2c1CCC(=O)N2CCc1ccccc1. The van der Waals surface area contributed by atoms with E-state index in [-0.39, 0.29) is 17.9 Å². The van der Waals surface area contributed by atoms with Gasteiger partial charge in [0.05, 0.1) is 12.6 Å². The fourth-order valence-corrected chi connectivity index (χ4v) is 5.18. The van der Waals surface area contributed by atoms with Crippen molar-refractivity contribution in [1.82, 2.24) is 19.8 Å². The molecule has 2 fully saturated rings. The van der Waals surface area contributed by atoms with Crippen LogP contribution in [0, 0.1) is 6.92 Å². The van der Waals surface area contributed by atoms with Gasteiger partial charge in [0.15, 0.2) is 0 Å². The summed E-state index contributed by atoms with van der Waals surface area (Å²) in [5.41, 5.74) is 3.27. The Labute approximate surface area is 195 Å². The summed E-state index contributed by atoms with van der Waals surface area (Å²) in [6.45, 7) is 5.73. The van der Waals surface area contributed by atoms with Crippen LogP contribution in [0.3, 0.4) is 0 Å². The number of nitrogens with zero attached hydrogens (tertiary/aromatic N) is 5. The fraction of sp³-hybridized carbons (Fsp3) is 0.538. The first-order chi connectivity index (χ1) is 16.1. The largest absolute Gasteiger partial charge is 0.341 e. The second-order valence-corrected chi connectivity index (χ2v) is 9.47. The highest BCUT2D eigenvalue weighted by Gasteiger charge is 2.33. The molecule has 1 aromatic carbocycles. The van der Waals surface area contributed by atoms with Gasteiger partial charge < -0.3 is 4.90 Å². The Morgan fingerprint density at radius 3 is 2.61 bits per heavy atom. The summed E-state index contributed by atoms with van der Waals surface area (Å²) in [7, 11) is 0. The summed E-state index contributed by atoms with van der Waals surface area (Å²) in [5.74, 6) is 1.89.